The molecule has 6 rings (SSSR count). The van der Waals surface area contributed by atoms with Crippen molar-refractivity contribution >= 4 is 17.5 Å². The zero-order valence-corrected chi connectivity index (χ0v) is 22.5. The number of rotatable bonds is 7. The molecule has 3 N–H and O–H groups in total. The molecule has 0 bridgehead atoms. The van der Waals surface area contributed by atoms with Crippen LogP contribution in [0.3, 0.4) is 0 Å². The highest BCUT2D eigenvalue weighted by molar-refractivity contribution is 6.02. The summed E-state index contributed by atoms with van der Waals surface area (Å²) >= 11 is 0. The van der Waals surface area contributed by atoms with Gasteiger partial charge in [0, 0.05) is 39.9 Å². The summed E-state index contributed by atoms with van der Waals surface area (Å²) < 4.78 is 25.1. The van der Waals surface area contributed by atoms with Gasteiger partial charge >= 0.3 is 0 Å². The lowest BCUT2D eigenvalue weighted by atomic mass is 9.75. The van der Waals surface area contributed by atoms with E-state index in [1.807, 2.05) is 45.0 Å². The van der Waals surface area contributed by atoms with Crippen LogP contribution in [0.2, 0.25) is 0 Å². The van der Waals surface area contributed by atoms with E-state index in [0.717, 1.165) is 35.4 Å². The monoisotopic (exact) mass is 543 g/mol. The summed E-state index contributed by atoms with van der Waals surface area (Å²) in [5.74, 6) is -1.27. The number of ether oxygens (including phenoxy) is 1. The number of aromatic amines is 1. The van der Waals surface area contributed by atoms with E-state index in [2.05, 4.69) is 26.0 Å². The SMILES string of the molecule is CCc1nocc1C(=O)N[C@H](C(=O)Nc1ccc(-c2c(C)n[nH]c2C)cc1)C1c2ccc(F)cc2OCC12CC2. The molecule has 1 saturated carbocycles. The van der Waals surface area contributed by atoms with Gasteiger partial charge in [0.25, 0.3) is 5.91 Å². The molecule has 4 aromatic rings. The highest BCUT2D eigenvalue weighted by atomic mass is 19.1. The van der Waals surface area contributed by atoms with Gasteiger partial charge < -0.3 is 19.9 Å². The highest BCUT2D eigenvalue weighted by Gasteiger charge is 2.58. The van der Waals surface area contributed by atoms with E-state index >= 15 is 0 Å². The molecule has 2 aliphatic rings. The predicted molar refractivity (Wildman–Crippen MR) is 146 cm³/mol. The van der Waals surface area contributed by atoms with Crippen molar-refractivity contribution in [2.24, 2.45) is 5.41 Å². The number of hydrogen-bond acceptors (Lipinski definition) is 6. The molecule has 2 aromatic carbocycles. The van der Waals surface area contributed by atoms with E-state index in [0.29, 0.717) is 35.7 Å². The van der Waals surface area contributed by atoms with Crippen LogP contribution in [0.1, 0.15) is 58.7 Å². The van der Waals surface area contributed by atoms with Crippen LogP contribution < -0.4 is 15.4 Å². The Morgan fingerprint density at radius 1 is 1.18 bits per heavy atom. The van der Waals surface area contributed by atoms with E-state index in [1.165, 1.54) is 18.4 Å². The first kappa shape index (κ1) is 25.8. The average molecular weight is 544 g/mol. The third-order valence-corrected chi connectivity index (χ3v) is 8.07. The predicted octanol–water partition coefficient (Wildman–Crippen LogP) is 5.08. The average Bonchev–Trinajstić information content (AvgIpc) is 3.39. The first-order valence-electron chi connectivity index (χ1n) is 13.4. The van der Waals surface area contributed by atoms with Crippen LogP contribution in [0, 0.1) is 25.1 Å². The second-order valence-electron chi connectivity index (χ2n) is 10.7. The van der Waals surface area contributed by atoms with E-state index in [1.54, 1.807) is 6.07 Å². The maximum atomic E-state index is 14.1. The van der Waals surface area contributed by atoms with Crippen molar-refractivity contribution in [3.05, 3.63) is 82.8 Å². The number of carbonyl (C=O) groups excluding carboxylic acids is 2. The van der Waals surface area contributed by atoms with Crippen molar-refractivity contribution < 1.29 is 23.2 Å². The van der Waals surface area contributed by atoms with Crippen LogP contribution in [0.4, 0.5) is 10.1 Å². The second kappa shape index (κ2) is 9.93. The largest absolute Gasteiger partial charge is 0.493 e. The minimum atomic E-state index is -0.958. The van der Waals surface area contributed by atoms with Crippen LogP contribution in [-0.4, -0.2) is 39.8 Å². The number of anilines is 1. The molecule has 40 heavy (non-hydrogen) atoms. The molecule has 1 aliphatic carbocycles. The lowest BCUT2D eigenvalue weighted by Crippen LogP contribution is -2.52. The fourth-order valence-corrected chi connectivity index (χ4v) is 5.82. The summed E-state index contributed by atoms with van der Waals surface area (Å²) in [5, 5.41) is 17.1. The summed E-state index contributed by atoms with van der Waals surface area (Å²) in [6.45, 7) is 6.12. The maximum Gasteiger partial charge on any atom is 0.257 e. The Balaban J connectivity index is 1.34. The molecule has 3 heterocycles. The first-order chi connectivity index (χ1) is 19.3. The number of amides is 2. The Bertz CT molecular complexity index is 1570. The van der Waals surface area contributed by atoms with Gasteiger partial charge in [-0.2, -0.15) is 5.10 Å². The van der Waals surface area contributed by atoms with Crippen LogP contribution in [0.5, 0.6) is 5.75 Å². The lowest BCUT2D eigenvalue weighted by Gasteiger charge is -2.38. The van der Waals surface area contributed by atoms with Gasteiger partial charge in [0.15, 0.2) is 0 Å². The van der Waals surface area contributed by atoms with Crippen molar-refractivity contribution in [1.82, 2.24) is 20.7 Å². The van der Waals surface area contributed by atoms with Crippen molar-refractivity contribution in [3.63, 3.8) is 0 Å². The number of aryl methyl sites for hydroxylation is 3. The topological polar surface area (TPSA) is 122 Å². The molecule has 206 valence electrons. The van der Waals surface area contributed by atoms with Crippen LogP contribution in [0.15, 0.2) is 53.3 Å². The van der Waals surface area contributed by atoms with Gasteiger partial charge in [-0.1, -0.05) is 30.3 Å². The van der Waals surface area contributed by atoms with E-state index < -0.39 is 23.7 Å². The molecule has 1 spiro atoms. The smallest absolute Gasteiger partial charge is 0.257 e. The van der Waals surface area contributed by atoms with Crippen LogP contribution >= 0.6 is 0 Å². The molecular weight excluding hydrogens is 513 g/mol. The van der Waals surface area contributed by atoms with Crippen molar-refractivity contribution in [3.8, 4) is 16.9 Å². The number of nitrogens with one attached hydrogen (secondary N) is 3. The van der Waals surface area contributed by atoms with Gasteiger partial charge in [-0.05, 0) is 56.9 Å². The van der Waals surface area contributed by atoms with Crippen LogP contribution in [-0.2, 0) is 11.2 Å². The lowest BCUT2D eigenvalue weighted by molar-refractivity contribution is -0.119. The molecule has 1 aliphatic heterocycles. The first-order valence-corrected chi connectivity index (χ1v) is 13.4. The number of fused-ring (bicyclic) bond motifs is 1. The Hall–Kier alpha value is -4.47. The number of benzene rings is 2. The second-order valence-corrected chi connectivity index (χ2v) is 10.7. The number of aromatic nitrogens is 3. The molecule has 10 heteroatoms. The standard InChI is InChI=1S/C30H30FN5O4/c1-4-23-22(14-40-36-23)28(37)33-27(26-21-10-7-19(31)13-24(21)39-15-30(26)11-12-30)29(38)32-20-8-5-18(6-9-20)25-16(2)34-35-17(25)3/h5-10,13-14,26-27H,4,11-12,15H2,1-3H3,(H,32,38)(H,33,37)(H,34,35)/t26?,27-/m0/s1. The van der Waals surface area contributed by atoms with Crippen molar-refractivity contribution in [2.45, 2.75) is 52.0 Å². The number of nitrogens with zero attached hydrogens (tertiary/aromatic N) is 2. The molecule has 0 radical (unpaired) electrons. The number of carbonyl (C=O) groups is 2. The minimum Gasteiger partial charge on any atom is -0.493 e. The highest BCUT2D eigenvalue weighted by Crippen LogP contribution is 2.61. The molecule has 1 unspecified atom stereocenters. The normalized spacial score (nSPS) is 17.6. The quantitative estimate of drug-likeness (QED) is 0.299. The fraction of sp³-hybridized carbons (Fsp3) is 0.333. The van der Waals surface area contributed by atoms with E-state index in [4.69, 9.17) is 9.26 Å². The van der Waals surface area contributed by atoms with Gasteiger partial charge in [-0.15, -0.1) is 0 Å². The summed E-state index contributed by atoms with van der Waals surface area (Å²) in [7, 11) is 0. The Morgan fingerprint density at radius 3 is 2.62 bits per heavy atom. The molecule has 2 aromatic heterocycles. The van der Waals surface area contributed by atoms with Crippen LogP contribution in [0.25, 0.3) is 11.1 Å². The molecule has 2 atom stereocenters. The number of halogens is 1. The molecule has 0 saturated heterocycles. The van der Waals surface area contributed by atoms with E-state index in [9.17, 15) is 14.0 Å². The van der Waals surface area contributed by atoms with Gasteiger partial charge in [0.2, 0.25) is 5.91 Å². The van der Waals surface area contributed by atoms with Crippen molar-refractivity contribution in [1.29, 1.82) is 0 Å². The summed E-state index contributed by atoms with van der Waals surface area (Å²) in [6, 6.07) is 10.9. The van der Waals surface area contributed by atoms with Gasteiger partial charge in [-0.25, -0.2) is 4.39 Å². The van der Waals surface area contributed by atoms with Gasteiger partial charge in [0.05, 0.1) is 18.0 Å². The third kappa shape index (κ3) is 4.53. The summed E-state index contributed by atoms with van der Waals surface area (Å²) in [6.07, 6.45) is 3.46. The summed E-state index contributed by atoms with van der Waals surface area (Å²) in [4.78, 5) is 27.4. The number of hydrogen-bond donors (Lipinski definition) is 3. The molecular formula is C30H30FN5O4. The Kier molecular flexibility index (Phi) is 6.40. The molecule has 1 fully saturated rings. The third-order valence-electron chi connectivity index (χ3n) is 8.07. The Labute approximate surface area is 230 Å². The maximum absolute atomic E-state index is 14.1. The summed E-state index contributed by atoms with van der Waals surface area (Å²) in [5.41, 5.74) is 5.59. The fourth-order valence-electron chi connectivity index (χ4n) is 5.82. The molecule has 9 nitrogen and oxygen atoms in total. The van der Waals surface area contributed by atoms with Crippen molar-refractivity contribution in [2.75, 3.05) is 11.9 Å². The van der Waals surface area contributed by atoms with Gasteiger partial charge in [0.1, 0.15) is 29.4 Å². The minimum absolute atomic E-state index is 0.284. The zero-order valence-electron chi connectivity index (χ0n) is 22.5. The van der Waals surface area contributed by atoms with Gasteiger partial charge in [-0.3, -0.25) is 14.7 Å². The number of H-pyrrole nitrogens is 1. The van der Waals surface area contributed by atoms with E-state index in [-0.39, 0.29) is 16.9 Å². The zero-order chi connectivity index (χ0) is 28.0. The Morgan fingerprint density at radius 2 is 1.95 bits per heavy atom. The molecule has 2 amide bonds.